The van der Waals surface area contributed by atoms with Gasteiger partial charge in [0.1, 0.15) is 28.7 Å². The number of anilines is 1. The molecule has 1 atom stereocenters. The summed E-state index contributed by atoms with van der Waals surface area (Å²) in [5.41, 5.74) is 1.21. The molecule has 2 aromatic heterocycles. The van der Waals surface area contributed by atoms with Crippen LogP contribution in [0.1, 0.15) is 50.8 Å². The van der Waals surface area contributed by atoms with E-state index in [2.05, 4.69) is 4.90 Å². The van der Waals surface area contributed by atoms with Gasteiger partial charge in [-0.05, 0) is 48.9 Å². The van der Waals surface area contributed by atoms with E-state index in [9.17, 15) is 4.79 Å². The van der Waals surface area contributed by atoms with Gasteiger partial charge in [-0.1, -0.05) is 43.7 Å². The van der Waals surface area contributed by atoms with Crippen LogP contribution in [0.4, 0.5) is 10.2 Å². The van der Waals surface area contributed by atoms with Gasteiger partial charge in [0.2, 0.25) is 0 Å². The van der Waals surface area contributed by atoms with Crippen molar-refractivity contribution in [3.63, 3.8) is 0 Å². The molecule has 5 nitrogen and oxygen atoms in total. The summed E-state index contributed by atoms with van der Waals surface area (Å²) in [6.07, 6.45) is 9.48. The standard InChI is InChI=1S/C26H28ClFN4O/c27-18-8-9-19(21(28)13-18)24-25-20(26(33)32-11-4-7-22(32)29-25)14-23(30-24)31-12-10-17(15-31)16-5-2-1-3-6-16/h8-9,13-14,16-17H,1-7,10-12,15H2. The summed E-state index contributed by atoms with van der Waals surface area (Å²) in [6, 6.07) is 6.49. The second-order valence-corrected chi connectivity index (χ2v) is 10.3. The molecule has 172 valence electrons. The van der Waals surface area contributed by atoms with E-state index in [0.717, 1.165) is 49.9 Å². The molecule has 3 aliphatic rings. The largest absolute Gasteiger partial charge is 0.356 e. The van der Waals surface area contributed by atoms with Gasteiger partial charge in [0.05, 0.1) is 5.39 Å². The average molecular weight is 467 g/mol. The van der Waals surface area contributed by atoms with Crippen LogP contribution >= 0.6 is 11.6 Å². The zero-order chi connectivity index (χ0) is 22.5. The van der Waals surface area contributed by atoms with Gasteiger partial charge in [-0.15, -0.1) is 0 Å². The fourth-order valence-electron chi connectivity index (χ4n) is 6.09. The second kappa shape index (κ2) is 8.39. The Morgan fingerprint density at radius 2 is 1.82 bits per heavy atom. The van der Waals surface area contributed by atoms with Gasteiger partial charge in [0, 0.05) is 36.6 Å². The summed E-state index contributed by atoms with van der Waals surface area (Å²) in [5, 5.41) is 0.858. The smallest absolute Gasteiger partial charge is 0.261 e. The van der Waals surface area contributed by atoms with Crippen LogP contribution in [0.25, 0.3) is 22.2 Å². The van der Waals surface area contributed by atoms with Gasteiger partial charge < -0.3 is 4.90 Å². The van der Waals surface area contributed by atoms with Crippen molar-refractivity contribution in [2.75, 3.05) is 18.0 Å². The molecule has 0 N–H and O–H groups in total. The van der Waals surface area contributed by atoms with E-state index in [1.807, 2.05) is 6.07 Å². The summed E-state index contributed by atoms with van der Waals surface area (Å²) in [6.45, 7) is 2.56. The van der Waals surface area contributed by atoms with Gasteiger partial charge >= 0.3 is 0 Å². The highest BCUT2D eigenvalue weighted by Crippen LogP contribution is 2.38. The molecule has 4 heterocycles. The summed E-state index contributed by atoms with van der Waals surface area (Å²) < 4.78 is 16.8. The molecule has 1 aromatic carbocycles. The van der Waals surface area contributed by atoms with Crippen LogP contribution in [-0.4, -0.2) is 27.6 Å². The van der Waals surface area contributed by atoms with E-state index in [-0.39, 0.29) is 5.56 Å². The normalized spacial score (nSPS) is 21.2. The van der Waals surface area contributed by atoms with Crippen LogP contribution in [0, 0.1) is 17.7 Å². The molecule has 7 heteroatoms. The number of fused-ring (bicyclic) bond motifs is 2. The van der Waals surface area contributed by atoms with Crippen LogP contribution in [-0.2, 0) is 13.0 Å². The molecule has 0 spiro atoms. The number of halogens is 2. The van der Waals surface area contributed by atoms with Crippen molar-refractivity contribution in [2.45, 2.75) is 57.9 Å². The van der Waals surface area contributed by atoms with Crippen LogP contribution in [0.2, 0.25) is 5.02 Å². The Labute approximate surface area is 197 Å². The monoisotopic (exact) mass is 466 g/mol. The molecular weight excluding hydrogens is 439 g/mol. The van der Waals surface area contributed by atoms with E-state index < -0.39 is 5.82 Å². The van der Waals surface area contributed by atoms with Crippen molar-refractivity contribution in [3.8, 4) is 11.3 Å². The summed E-state index contributed by atoms with van der Waals surface area (Å²) >= 11 is 6.01. The summed E-state index contributed by atoms with van der Waals surface area (Å²) in [5.74, 6) is 2.52. The molecule has 0 radical (unpaired) electrons. The Hall–Kier alpha value is -2.47. The van der Waals surface area contributed by atoms with Crippen molar-refractivity contribution in [2.24, 2.45) is 11.8 Å². The number of benzene rings is 1. The number of aryl methyl sites for hydroxylation is 1. The number of rotatable bonds is 3. The van der Waals surface area contributed by atoms with Crippen LogP contribution in [0.15, 0.2) is 29.1 Å². The fourth-order valence-corrected chi connectivity index (χ4v) is 6.25. The third-order valence-corrected chi connectivity index (χ3v) is 8.08. The summed E-state index contributed by atoms with van der Waals surface area (Å²) in [7, 11) is 0. The Morgan fingerprint density at radius 1 is 0.970 bits per heavy atom. The lowest BCUT2D eigenvalue weighted by atomic mass is 9.80. The average Bonchev–Trinajstić information content (AvgIpc) is 3.50. The first-order valence-corrected chi connectivity index (χ1v) is 12.6. The molecule has 1 saturated carbocycles. The first-order chi connectivity index (χ1) is 16.1. The molecule has 3 aromatic rings. The molecule has 0 bridgehead atoms. The number of aromatic nitrogens is 3. The van der Waals surface area contributed by atoms with Crippen molar-refractivity contribution >= 4 is 28.3 Å². The van der Waals surface area contributed by atoms with Gasteiger partial charge in [-0.3, -0.25) is 9.36 Å². The molecule has 33 heavy (non-hydrogen) atoms. The van der Waals surface area contributed by atoms with Crippen LogP contribution < -0.4 is 10.5 Å². The van der Waals surface area contributed by atoms with Crippen molar-refractivity contribution in [1.82, 2.24) is 14.5 Å². The van der Waals surface area contributed by atoms with Crippen molar-refractivity contribution < 1.29 is 4.39 Å². The Morgan fingerprint density at radius 3 is 2.64 bits per heavy atom. The molecule has 1 aliphatic carbocycles. The van der Waals surface area contributed by atoms with E-state index >= 15 is 4.39 Å². The topological polar surface area (TPSA) is 51.0 Å². The molecule has 2 fully saturated rings. The molecular formula is C26H28ClFN4O. The third kappa shape index (κ3) is 3.72. The maximum Gasteiger partial charge on any atom is 0.261 e. The van der Waals surface area contributed by atoms with Crippen molar-refractivity contribution in [3.05, 3.63) is 51.3 Å². The molecule has 1 unspecified atom stereocenters. The Bertz CT molecular complexity index is 1280. The third-order valence-electron chi connectivity index (χ3n) is 7.84. The predicted molar refractivity (Wildman–Crippen MR) is 129 cm³/mol. The van der Waals surface area contributed by atoms with Gasteiger partial charge in [0.25, 0.3) is 5.56 Å². The Kier molecular flexibility index (Phi) is 5.36. The van der Waals surface area contributed by atoms with Crippen LogP contribution in [0.5, 0.6) is 0 Å². The maximum absolute atomic E-state index is 15.0. The highest BCUT2D eigenvalue weighted by molar-refractivity contribution is 6.30. The van der Waals surface area contributed by atoms with Gasteiger partial charge in [-0.25, -0.2) is 14.4 Å². The lowest BCUT2D eigenvalue weighted by molar-refractivity contribution is 0.264. The van der Waals surface area contributed by atoms with Gasteiger partial charge in [0.15, 0.2) is 0 Å². The highest BCUT2D eigenvalue weighted by atomic mass is 35.5. The number of pyridine rings is 1. The molecule has 1 saturated heterocycles. The SMILES string of the molecule is O=c1c2cc(N3CCC(C4CCCCC4)C3)nc(-c3ccc(Cl)cc3F)c2nc2n1CCC2. The first kappa shape index (κ1) is 21.1. The first-order valence-electron chi connectivity index (χ1n) is 12.2. The predicted octanol–water partition coefficient (Wildman–Crippen LogP) is 5.60. The quantitative estimate of drug-likeness (QED) is 0.504. The second-order valence-electron chi connectivity index (χ2n) is 9.83. The van der Waals surface area contributed by atoms with E-state index in [4.69, 9.17) is 21.6 Å². The number of nitrogens with zero attached hydrogens (tertiary/aromatic N) is 4. The van der Waals surface area contributed by atoms with E-state index in [1.54, 1.807) is 16.7 Å². The maximum atomic E-state index is 15.0. The molecule has 6 rings (SSSR count). The Balaban J connectivity index is 1.47. The highest BCUT2D eigenvalue weighted by Gasteiger charge is 2.32. The zero-order valence-electron chi connectivity index (χ0n) is 18.7. The van der Waals surface area contributed by atoms with Gasteiger partial charge in [-0.2, -0.15) is 0 Å². The minimum absolute atomic E-state index is 0.0465. The van der Waals surface area contributed by atoms with Crippen molar-refractivity contribution in [1.29, 1.82) is 0 Å². The minimum atomic E-state index is -0.447. The summed E-state index contributed by atoms with van der Waals surface area (Å²) in [4.78, 5) is 25.4. The lowest BCUT2D eigenvalue weighted by Gasteiger charge is -2.27. The van der Waals surface area contributed by atoms with E-state index in [0.29, 0.717) is 39.6 Å². The zero-order valence-corrected chi connectivity index (χ0v) is 19.5. The number of hydrogen-bond acceptors (Lipinski definition) is 4. The van der Waals surface area contributed by atoms with Crippen LogP contribution in [0.3, 0.4) is 0 Å². The number of hydrogen-bond donors (Lipinski definition) is 0. The lowest BCUT2D eigenvalue weighted by Crippen LogP contribution is -2.26. The minimum Gasteiger partial charge on any atom is -0.356 e. The molecule has 0 amide bonds. The fraction of sp³-hybridized carbons (Fsp3) is 0.500. The molecule has 2 aliphatic heterocycles. The van der Waals surface area contributed by atoms with E-state index in [1.165, 1.54) is 38.2 Å².